The maximum atomic E-state index is 13.3. The average Bonchev–Trinajstić information content (AvgIpc) is 3.11. The van der Waals surface area contributed by atoms with Crippen LogP contribution >= 0.6 is 0 Å². The molecule has 0 atom stereocenters. The van der Waals surface area contributed by atoms with Gasteiger partial charge in [0.25, 0.3) is 5.91 Å². The van der Waals surface area contributed by atoms with E-state index < -0.39 is 59.0 Å². The monoisotopic (exact) mass is 472 g/mol. The van der Waals surface area contributed by atoms with Gasteiger partial charge >= 0.3 is 18.3 Å². The maximum absolute atomic E-state index is 13.3. The number of imidazole rings is 1. The number of esters is 1. The molecule has 2 aromatic heterocycles. The third-order valence-corrected chi connectivity index (χ3v) is 4.49. The molecule has 0 unspecified atom stereocenters. The zero-order chi connectivity index (χ0) is 24.6. The van der Waals surface area contributed by atoms with Crippen LogP contribution < -0.4 is 5.73 Å². The van der Waals surface area contributed by atoms with Crippen molar-refractivity contribution in [2.75, 3.05) is 7.11 Å². The molecule has 33 heavy (non-hydrogen) atoms. The Hall–Kier alpha value is -3.90. The van der Waals surface area contributed by atoms with E-state index in [2.05, 4.69) is 14.7 Å². The molecule has 7 nitrogen and oxygen atoms in total. The fourth-order valence-corrected chi connectivity index (χ4v) is 3.12. The van der Waals surface area contributed by atoms with Gasteiger partial charge in [-0.2, -0.15) is 26.3 Å². The molecule has 3 rings (SSSR count). The highest BCUT2D eigenvalue weighted by Crippen LogP contribution is 2.37. The number of carbonyl (C=O) groups excluding carboxylic acids is 2. The van der Waals surface area contributed by atoms with Crippen molar-refractivity contribution < 1.29 is 40.7 Å². The summed E-state index contributed by atoms with van der Waals surface area (Å²) in [6, 6.07) is 3.90. The highest BCUT2D eigenvalue weighted by Gasteiger charge is 2.37. The van der Waals surface area contributed by atoms with Crippen molar-refractivity contribution in [3.8, 4) is 11.3 Å². The minimum absolute atomic E-state index is 0.0195. The number of aromatic nitrogens is 3. The summed E-state index contributed by atoms with van der Waals surface area (Å²) < 4.78 is 85.1. The first-order chi connectivity index (χ1) is 15.3. The topological polar surface area (TPSA) is 100 Å². The molecular weight excluding hydrogens is 458 g/mol. The first-order valence-electron chi connectivity index (χ1n) is 9.00. The second kappa shape index (κ2) is 8.56. The Balaban J connectivity index is 2.28. The molecule has 3 aromatic rings. The van der Waals surface area contributed by atoms with Crippen LogP contribution in [0.25, 0.3) is 11.3 Å². The van der Waals surface area contributed by atoms with E-state index in [9.17, 15) is 35.9 Å². The van der Waals surface area contributed by atoms with Crippen molar-refractivity contribution in [3.63, 3.8) is 0 Å². The van der Waals surface area contributed by atoms with Crippen LogP contribution in [0.2, 0.25) is 0 Å². The molecule has 0 aliphatic rings. The molecule has 174 valence electrons. The number of benzene rings is 1. The quantitative estimate of drug-likeness (QED) is 0.448. The summed E-state index contributed by atoms with van der Waals surface area (Å²) in [5, 5.41) is 0. The van der Waals surface area contributed by atoms with Gasteiger partial charge in [0.2, 0.25) is 0 Å². The minimum atomic E-state index is -5.07. The molecule has 0 saturated heterocycles. The fourth-order valence-electron chi connectivity index (χ4n) is 3.12. The molecular formula is C20H14F6N4O3. The van der Waals surface area contributed by atoms with Gasteiger partial charge in [0.05, 0.1) is 23.9 Å². The van der Waals surface area contributed by atoms with E-state index in [0.29, 0.717) is 12.1 Å². The summed E-state index contributed by atoms with van der Waals surface area (Å²) in [7, 11) is 1.03. The molecule has 0 saturated carbocycles. The third-order valence-electron chi connectivity index (χ3n) is 4.49. The molecule has 0 aliphatic carbocycles. The Morgan fingerprint density at radius 3 is 2.12 bits per heavy atom. The molecule has 0 bridgehead atoms. The number of hydrogen-bond acceptors (Lipinski definition) is 5. The highest BCUT2D eigenvalue weighted by molar-refractivity contribution is 5.98. The second-order valence-electron chi connectivity index (χ2n) is 6.73. The van der Waals surface area contributed by atoms with E-state index in [-0.39, 0.29) is 17.3 Å². The summed E-state index contributed by atoms with van der Waals surface area (Å²) in [6.45, 7) is -0.695. The lowest BCUT2D eigenvalue weighted by Crippen LogP contribution is -2.20. The van der Waals surface area contributed by atoms with Crippen LogP contribution in [0.1, 0.15) is 37.8 Å². The number of rotatable bonds is 5. The number of pyridine rings is 1. The van der Waals surface area contributed by atoms with Crippen LogP contribution in [-0.2, 0) is 23.6 Å². The van der Waals surface area contributed by atoms with Crippen molar-refractivity contribution in [3.05, 3.63) is 70.9 Å². The molecule has 2 N–H and O–H groups in total. The van der Waals surface area contributed by atoms with E-state index in [4.69, 9.17) is 5.73 Å². The largest absolute Gasteiger partial charge is 0.464 e. The van der Waals surface area contributed by atoms with Crippen LogP contribution in [0.4, 0.5) is 26.3 Å². The van der Waals surface area contributed by atoms with Gasteiger partial charge < -0.3 is 15.0 Å². The zero-order valence-corrected chi connectivity index (χ0v) is 16.7. The van der Waals surface area contributed by atoms with Gasteiger partial charge in [-0.1, -0.05) is 0 Å². The molecule has 0 fully saturated rings. The lowest BCUT2D eigenvalue weighted by atomic mass is 10.0. The average molecular weight is 472 g/mol. The summed E-state index contributed by atoms with van der Waals surface area (Å²) >= 11 is 0. The fraction of sp³-hybridized carbons (Fsp3) is 0.200. The number of carbonyl (C=O) groups is 2. The van der Waals surface area contributed by atoms with Crippen molar-refractivity contribution in [1.29, 1.82) is 0 Å². The van der Waals surface area contributed by atoms with E-state index in [0.717, 1.165) is 11.7 Å². The first-order valence-corrected chi connectivity index (χ1v) is 9.00. The molecule has 0 spiro atoms. The van der Waals surface area contributed by atoms with E-state index in [1.165, 1.54) is 24.5 Å². The first kappa shape index (κ1) is 23.8. The number of nitrogens with two attached hydrogens (primary N) is 1. The van der Waals surface area contributed by atoms with Crippen LogP contribution in [-0.4, -0.2) is 33.5 Å². The number of primary amides is 1. The Kier molecular flexibility index (Phi) is 6.16. The number of amides is 1. The van der Waals surface area contributed by atoms with Crippen molar-refractivity contribution in [2.24, 2.45) is 5.73 Å². The molecule has 0 aliphatic heterocycles. The second-order valence-corrected chi connectivity index (χ2v) is 6.73. The van der Waals surface area contributed by atoms with Crippen LogP contribution in [0.3, 0.4) is 0 Å². The maximum Gasteiger partial charge on any atom is 0.416 e. The Morgan fingerprint density at radius 2 is 1.67 bits per heavy atom. The normalized spacial score (nSPS) is 12.0. The molecule has 13 heteroatoms. The van der Waals surface area contributed by atoms with Crippen LogP contribution in [0.15, 0.2) is 42.7 Å². The van der Waals surface area contributed by atoms with Gasteiger partial charge in [0, 0.05) is 24.5 Å². The zero-order valence-electron chi connectivity index (χ0n) is 16.7. The van der Waals surface area contributed by atoms with Crippen LogP contribution in [0.5, 0.6) is 0 Å². The lowest BCUT2D eigenvalue weighted by Gasteiger charge is -2.16. The van der Waals surface area contributed by atoms with Gasteiger partial charge in [-0.25, -0.2) is 9.78 Å². The van der Waals surface area contributed by atoms with Gasteiger partial charge in [-0.05, 0) is 35.9 Å². The van der Waals surface area contributed by atoms with Gasteiger partial charge in [-0.3, -0.25) is 9.78 Å². The van der Waals surface area contributed by atoms with Crippen molar-refractivity contribution in [2.45, 2.75) is 18.9 Å². The molecule has 2 heterocycles. The standard InChI is InChI=1S/C20H14F6N4O3/c1-33-18(32)14-15(11-3-2-4-28-8-11)30(17(29-14)16(27)31)9-10-5-12(19(21,22)23)7-13(6-10)20(24,25)26/h2-8H,9H2,1H3,(H2,27,31). The number of alkyl halides is 6. The smallest absolute Gasteiger partial charge is 0.416 e. The van der Waals surface area contributed by atoms with Gasteiger partial charge in [0.1, 0.15) is 0 Å². The highest BCUT2D eigenvalue weighted by atomic mass is 19.4. The molecule has 1 aromatic carbocycles. The third kappa shape index (κ3) is 4.96. The number of nitrogens with zero attached hydrogens (tertiary/aromatic N) is 3. The number of halogens is 6. The number of ether oxygens (including phenoxy) is 1. The summed E-state index contributed by atoms with van der Waals surface area (Å²) in [6.07, 6.45) is -7.49. The van der Waals surface area contributed by atoms with Gasteiger partial charge in [-0.15, -0.1) is 0 Å². The van der Waals surface area contributed by atoms with Crippen molar-refractivity contribution >= 4 is 11.9 Å². The Bertz CT molecular complexity index is 1170. The lowest BCUT2D eigenvalue weighted by molar-refractivity contribution is -0.143. The molecule has 0 radical (unpaired) electrons. The SMILES string of the molecule is COC(=O)c1nc(C(N)=O)n(Cc2cc(C(F)(F)F)cc(C(F)(F)F)c2)c1-c1cccnc1. The number of hydrogen-bond donors (Lipinski definition) is 1. The van der Waals surface area contributed by atoms with E-state index >= 15 is 0 Å². The summed E-state index contributed by atoms with van der Waals surface area (Å²) in [5.74, 6) is -2.74. The molecule has 1 amide bonds. The Labute approximate surface area is 181 Å². The van der Waals surface area contributed by atoms with E-state index in [1.807, 2.05) is 0 Å². The van der Waals surface area contributed by atoms with Crippen LogP contribution in [0, 0.1) is 0 Å². The predicted molar refractivity (Wildman–Crippen MR) is 101 cm³/mol. The van der Waals surface area contributed by atoms with E-state index in [1.54, 1.807) is 0 Å². The van der Waals surface area contributed by atoms with Crippen molar-refractivity contribution in [1.82, 2.24) is 14.5 Å². The summed E-state index contributed by atoms with van der Waals surface area (Å²) in [5.41, 5.74) is 1.45. The Morgan fingerprint density at radius 1 is 1.06 bits per heavy atom. The van der Waals surface area contributed by atoms with Gasteiger partial charge in [0.15, 0.2) is 11.5 Å². The summed E-state index contributed by atoms with van der Waals surface area (Å²) in [4.78, 5) is 31.9. The minimum Gasteiger partial charge on any atom is -0.464 e. The predicted octanol–water partition coefficient (Wildman–Crippen LogP) is 3.92. The number of methoxy groups -OCH3 is 1.